The van der Waals surface area contributed by atoms with Gasteiger partial charge in [-0.25, -0.2) is 19.6 Å². The van der Waals surface area contributed by atoms with Gasteiger partial charge in [-0.3, -0.25) is 9.59 Å². The summed E-state index contributed by atoms with van der Waals surface area (Å²) >= 11 is 0. The molecule has 0 bridgehead atoms. The van der Waals surface area contributed by atoms with Crippen molar-refractivity contribution in [1.29, 1.82) is 0 Å². The molecule has 52 heavy (non-hydrogen) atoms. The molecule has 276 valence electrons. The zero-order chi connectivity index (χ0) is 37.1. The van der Waals surface area contributed by atoms with Crippen molar-refractivity contribution in [2.75, 3.05) is 27.3 Å². The number of alkyl carbamates (subject to hydrolysis) is 2. The van der Waals surface area contributed by atoms with Gasteiger partial charge in [-0.2, -0.15) is 0 Å². The van der Waals surface area contributed by atoms with Gasteiger partial charge in [0, 0.05) is 24.8 Å². The van der Waals surface area contributed by atoms with Crippen molar-refractivity contribution in [3.8, 4) is 22.4 Å². The van der Waals surface area contributed by atoms with Crippen LogP contribution in [-0.2, 0) is 19.1 Å². The molecule has 2 fully saturated rings. The smallest absolute Gasteiger partial charge is 0.407 e. The van der Waals surface area contributed by atoms with Crippen molar-refractivity contribution < 1.29 is 28.7 Å². The van der Waals surface area contributed by atoms with Gasteiger partial charge in [0.25, 0.3) is 0 Å². The Kier molecular flexibility index (Phi) is 10.8. The van der Waals surface area contributed by atoms with Crippen molar-refractivity contribution in [2.24, 2.45) is 11.8 Å². The maximum absolute atomic E-state index is 13.6. The van der Waals surface area contributed by atoms with Crippen LogP contribution in [0.25, 0.3) is 33.4 Å². The number of aromatic nitrogens is 4. The number of rotatable bonds is 10. The van der Waals surface area contributed by atoms with E-state index in [9.17, 15) is 19.2 Å². The molecule has 2 aliphatic heterocycles. The van der Waals surface area contributed by atoms with Gasteiger partial charge >= 0.3 is 12.2 Å². The lowest BCUT2D eigenvalue weighted by Crippen LogP contribution is -2.51. The first-order valence-corrected chi connectivity index (χ1v) is 17.9. The monoisotopic (exact) mass is 712 g/mol. The van der Waals surface area contributed by atoms with Gasteiger partial charge in [0.2, 0.25) is 11.8 Å². The highest BCUT2D eigenvalue weighted by Crippen LogP contribution is 2.35. The van der Waals surface area contributed by atoms with Crippen molar-refractivity contribution >= 4 is 35.0 Å². The van der Waals surface area contributed by atoms with Crippen LogP contribution in [0.4, 0.5) is 9.59 Å². The van der Waals surface area contributed by atoms with Gasteiger partial charge in [0.1, 0.15) is 23.7 Å². The third-order valence-corrected chi connectivity index (χ3v) is 10.1. The molecule has 0 saturated carbocycles. The third kappa shape index (κ3) is 7.46. The largest absolute Gasteiger partial charge is 0.453 e. The number of ether oxygens (including phenoxy) is 2. The lowest BCUT2D eigenvalue weighted by atomic mass is 10.0. The second kappa shape index (κ2) is 15.5. The number of aromatic amines is 2. The Morgan fingerprint density at radius 2 is 1.25 bits per heavy atom. The first kappa shape index (κ1) is 36.4. The number of methoxy groups -OCH3 is 2. The first-order chi connectivity index (χ1) is 25.0. The summed E-state index contributed by atoms with van der Waals surface area (Å²) in [6.45, 7) is 8.77. The second-order valence-electron chi connectivity index (χ2n) is 14.2. The second-order valence-corrected chi connectivity index (χ2v) is 14.2. The fourth-order valence-electron chi connectivity index (χ4n) is 7.24. The summed E-state index contributed by atoms with van der Waals surface area (Å²) in [7, 11) is 2.57. The van der Waals surface area contributed by atoms with Crippen LogP contribution in [0.2, 0.25) is 0 Å². The number of hydrogen-bond donors (Lipinski definition) is 4. The molecule has 14 heteroatoms. The molecule has 4 heterocycles. The van der Waals surface area contributed by atoms with E-state index < -0.39 is 24.3 Å². The number of carbonyl (C=O) groups is 4. The van der Waals surface area contributed by atoms with Gasteiger partial charge in [-0.15, -0.1) is 0 Å². The molecule has 0 unspecified atom stereocenters. The molecular weight excluding hydrogens is 664 g/mol. The molecule has 2 aliphatic rings. The molecule has 0 radical (unpaired) electrons. The van der Waals surface area contributed by atoms with Gasteiger partial charge in [-0.05, 0) is 60.8 Å². The Labute approximate surface area is 303 Å². The molecule has 0 spiro atoms. The average molecular weight is 713 g/mol. The summed E-state index contributed by atoms with van der Waals surface area (Å²) in [5.41, 5.74) is 5.41. The van der Waals surface area contributed by atoms with Crippen molar-refractivity contribution in [2.45, 2.75) is 77.5 Å². The van der Waals surface area contributed by atoms with E-state index in [0.717, 1.165) is 64.9 Å². The fourth-order valence-corrected chi connectivity index (χ4v) is 7.24. The summed E-state index contributed by atoms with van der Waals surface area (Å²) in [5.74, 6) is 0.936. The number of hydrogen-bond acceptors (Lipinski definition) is 8. The first-order valence-electron chi connectivity index (χ1n) is 17.9. The maximum Gasteiger partial charge on any atom is 0.407 e. The highest BCUT2D eigenvalue weighted by atomic mass is 16.5. The predicted octanol–water partition coefficient (Wildman–Crippen LogP) is 5.71. The SMILES string of the molecule is COC(=O)N[C@H](C(=O)N1CCC[C@H]1c1nc(-c2ccc(-c3ccc4[nH]c([C@@H]5CCCN5C(=O)[C@@H](NC(=O)OC)C(C)C)nc4c3)cc2)c[nH]1)C(C)C. The highest BCUT2D eigenvalue weighted by molar-refractivity contribution is 5.88. The topological polar surface area (TPSA) is 175 Å². The summed E-state index contributed by atoms with van der Waals surface area (Å²) in [6.07, 6.45) is 3.85. The molecule has 2 aromatic carbocycles. The Hall–Kier alpha value is -5.40. The summed E-state index contributed by atoms with van der Waals surface area (Å²) < 4.78 is 9.51. The maximum atomic E-state index is 13.6. The molecule has 4 amide bonds. The van der Waals surface area contributed by atoms with Crippen LogP contribution in [0.5, 0.6) is 0 Å². The molecule has 2 aromatic heterocycles. The number of likely N-dealkylation sites (tertiary alicyclic amines) is 2. The minimum atomic E-state index is -0.694. The molecule has 4 atom stereocenters. The van der Waals surface area contributed by atoms with E-state index in [4.69, 9.17) is 19.4 Å². The highest BCUT2D eigenvalue weighted by Gasteiger charge is 2.39. The number of H-pyrrole nitrogens is 2. The van der Waals surface area contributed by atoms with Crippen LogP contribution < -0.4 is 10.6 Å². The molecular formula is C38H48N8O6. The van der Waals surface area contributed by atoms with Gasteiger partial charge in [0.05, 0.1) is 43.0 Å². The normalized spacial score (nSPS) is 18.5. The Bertz CT molecular complexity index is 1920. The molecule has 4 aromatic rings. The number of fused-ring (bicyclic) bond motifs is 1. The zero-order valence-electron chi connectivity index (χ0n) is 30.6. The van der Waals surface area contributed by atoms with E-state index >= 15 is 0 Å². The number of nitrogens with one attached hydrogen (secondary N) is 4. The van der Waals surface area contributed by atoms with E-state index in [0.29, 0.717) is 18.9 Å². The summed E-state index contributed by atoms with van der Waals surface area (Å²) in [6, 6.07) is 12.4. The Balaban J connectivity index is 1.16. The van der Waals surface area contributed by atoms with E-state index in [2.05, 4.69) is 20.6 Å². The Morgan fingerprint density at radius 3 is 1.79 bits per heavy atom. The van der Waals surface area contributed by atoms with Gasteiger partial charge < -0.3 is 39.9 Å². The van der Waals surface area contributed by atoms with Crippen LogP contribution in [0.3, 0.4) is 0 Å². The van der Waals surface area contributed by atoms with Crippen LogP contribution in [0.15, 0.2) is 48.7 Å². The summed E-state index contributed by atoms with van der Waals surface area (Å²) in [4.78, 5) is 71.1. The van der Waals surface area contributed by atoms with E-state index in [1.54, 1.807) is 4.90 Å². The number of imidazole rings is 2. The lowest BCUT2D eigenvalue weighted by Gasteiger charge is -2.29. The standard InChI is InChI=1S/C38H48N8O6/c1-21(2)31(43-37(49)51-5)35(47)45-17-7-9-29(45)33-39-20-28(42-33)24-13-11-23(12-14-24)25-15-16-26-27(19-25)41-34(40-26)30-10-8-18-46(30)36(48)32(22(3)4)44-38(50)52-6/h11-16,19-22,29-32H,7-10,17-18H2,1-6H3,(H,39,42)(H,40,41)(H,43,49)(H,44,50)/t29-,30-,31-,32-/m0/s1. The predicted molar refractivity (Wildman–Crippen MR) is 195 cm³/mol. The third-order valence-electron chi connectivity index (χ3n) is 10.1. The Morgan fingerprint density at radius 1 is 0.731 bits per heavy atom. The van der Waals surface area contributed by atoms with E-state index in [1.807, 2.05) is 81.3 Å². The van der Waals surface area contributed by atoms with Crippen LogP contribution in [0, 0.1) is 11.8 Å². The van der Waals surface area contributed by atoms with Gasteiger partial charge in [-0.1, -0.05) is 58.0 Å². The van der Waals surface area contributed by atoms with Crippen LogP contribution >= 0.6 is 0 Å². The number of carbonyl (C=O) groups excluding carboxylic acids is 4. The van der Waals surface area contributed by atoms with Crippen molar-refractivity contribution in [1.82, 2.24) is 40.4 Å². The minimum Gasteiger partial charge on any atom is -0.453 e. The van der Waals surface area contributed by atoms with Gasteiger partial charge in [0.15, 0.2) is 0 Å². The van der Waals surface area contributed by atoms with E-state index in [-0.39, 0.29) is 35.7 Å². The minimum absolute atomic E-state index is 0.108. The molecule has 2 saturated heterocycles. The molecule has 14 nitrogen and oxygen atoms in total. The fraction of sp³-hybridized carbons (Fsp3) is 0.474. The van der Waals surface area contributed by atoms with Crippen LogP contribution in [-0.4, -0.2) is 93.1 Å². The average Bonchev–Trinajstić information content (AvgIpc) is 3.97. The van der Waals surface area contributed by atoms with Crippen molar-refractivity contribution in [3.63, 3.8) is 0 Å². The zero-order valence-corrected chi connectivity index (χ0v) is 30.6. The number of amides is 4. The summed E-state index contributed by atoms with van der Waals surface area (Å²) in [5, 5.41) is 5.39. The molecule has 4 N–H and O–H groups in total. The lowest BCUT2D eigenvalue weighted by molar-refractivity contribution is -0.136. The molecule has 0 aliphatic carbocycles. The van der Waals surface area contributed by atoms with Crippen LogP contribution in [0.1, 0.15) is 77.1 Å². The van der Waals surface area contributed by atoms with E-state index in [1.165, 1.54) is 14.2 Å². The number of benzene rings is 2. The van der Waals surface area contributed by atoms with Crippen molar-refractivity contribution in [3.05, 3.63) is 60.3 Å². The quantitative estimate of drug-likeness (QED) is 0.162. The number of nitrogens with zero attached hydrogens (tertiary/aromatic N) is 4. The molecule has 6 rings (SSSR count).